The number of halogens is 3. The Morgan fingerprint density at radius 2 is 2.07 bits per heavy atom. The molecule has 5 heteroatoms. The van der Waals surface area contributed by atoms with Crippen molar-refractivity contribution in [2.45, 2.75) is 11.8 Å². The molecule has 0 aliphatic rings. The Morgan fingerprint density at radius 3 is 2.53 bits per heavy atom. The van der Waals surface area contributed by atoms with E-state index in [0.717, 1.165) is 19.1 Å². The summed E-state index contributed by atoms with van der Waals surface area (Å²) in [7, 11) is 0. The molecule has 0 amide bonds. The standard InChI is InChI=1S/C10H7Br3OS/c1-5-2-3-7(14-5)9(12)6-4-8(11)15-10(6)13/h2-4,9H,1H3. The summed E-state index contributed by atoms with van der Waals surface area (Å²) in [5, 5.41) is 0. The fraction of sp³-hybridized carbons (Fsp3) is 0.200. The zero-order chi connectivity index (χ0) is 11.0. The van der Waals surface area contributed by atoms with E-state index in [-0.39, 0.29) is 4.83 Å². The van der Waals surface area contributed by atoms with E-state index >= 15 is 0 Å². The first-order chi connectivity index (χ1) is 7.08. The highest BCUT2D eigenvalue weighted by Crippen LogP contribution is 2.42. The zero-order valence-corrected chi connectivity index (χ0v) is 13.3. The smallest absolute Gasteiger partial charge is 0.122 e. The van der Waals surface area contributed by atoms with E-state index in [9.17, 15) is 0 Å². The van der Waals surface area contributed by atoms with Crippen molar-refractivity contribution in [3.05, 3.63) is 42.9 Å². The van der Waals surface area contributed by atoms with Crippen LogP contribution in [0.3, 0.4) is 0 Å². The molecule has 0 fully saturated rings. The van der Waals surface area contributed by atoms with Crippen molar-refractivity contribution in [2.75, 3.05) is 0 Å². The molecule has 0 bridgehead atoms. The Bertz CT molecular complexity index is 475. The average molecular weight is 415 g/mol. The van der Waals surface area contributed by atoms with Crippen LogP contribution in [0.15, 0.2) is 30.2 Å². The van der Waals surface area contributed by atoms with Crippen LogP contribution in [0, 0.1) is 6.92 Å². The van der Waals surface area contributed by atoms with Gasteiger partial charge < -0.3 is 4.42 Å². The lowest BCUT2D eigenvalue weighted by Gasteiger charge is -2.04. The molecule has 0 spiro atoms. The summed E-state index contributed by atoms with van der Waals surface area (Å²) in [5.74, 6) is 1.86. The summed E-state index contributed by atoms with van der Waals surface area (Å²) in [5.41, 5.74) is 1.18. The molecule has 1 unspecified atom stereocenters. The normalized spacial score (nSPS) is 13.1. The summed E-state index contributed by atoms with van der Waals surface area (Å²) < 4.78 is 7.81. The predicted molar refractivity (Wildman–Crippen MR) is 73.9 cm³/mol. The van der Waals surface area contributed by atoms with Crippen LogP contribution in [0.4, 0.5) is 0 Å². The first-order valence-corrected chi connectivity index (χ1v) is 7.55. The summed E-state index contributed by atoms with van der Waals surface area (Å²) >= 11 is 12.3. The van der Waals surface area contributed by atoms with Crippen molar-refractivity contribution in [2.24, 2.45) is 0 Å². The van der Waals surface area contributed by atoms with Crippen molar-refractivity contribution in [3.63, 3.8) is 0 Å². The van der Waals surface area contributed by atoms with Crippen LogP contribution in [-0.2, 0) is 0 Å². The Hall–Kier alpha value is 0.420. The molecule has 0 aliphatic heterocycles. The van der Waals surface area contributed by atoms with Crippen molar-refractivity contribution in [1.29, 1.82) is 0 Å². The third-order valence-electron chi connectivity index (χ3n) is 1.97. The molecule has 2 aromatic rings. The third-order valence-corrected chi connectivity index (χ3v) is 5.30. The maximum atomic E-state index is 5.59. The fourth-order valence-electron chi connectivity index (χ4n) is 1.27. The van der Waals surface area contributed by atoms with Crippen LogP contribution in [0.1, 0.15) is 21.9 Å². The second kappa shape index (κ2) is 4.73. The summed E-state index contributed by atoms with van der Waals surface area (Å²) in [6, 6.07) is 6.05. The quantitative estimate of drug-likeness (QED) is 0.578. The van der Waals surface area contributed by atoms with Gasteiger partial charge in [0.25, 0.3) is 0 Å². The highest BCUT2D eigenvalue weighted by atomic mass is 79.9. The van der Waals surface area contributed by atoms with E-state index in [2.05, 4.69) is 53.9 Å². The molecule has 15 heavy (non-hydrogen) atoms. The SMILES string of the molecule is Cc1ccc(C(Br)c2cc(Br)sc2Br)o1. The van der Waals surface area contributed by atoms with Gasteiger partial charge in [0.2, 0.25) is 0 Å². The van der Waals surface area contributed by atoms with Gasteiger partial charge in [-0.2, -0.15) is 0 Å². The molecule has 0 saturated carbocycles. The lowest BCUT2D eigenvalue weighted by atomic mass is 10.2. The maximum absolute atomic E-state index is 5.59. The van der Waals surface area contributed by atoms with Gasteiger partial charge in [0.15, 0.2) is 0 Å². The number of rotatable bonds is 2. The molecular formula is C10H7Br3OS. The van der Waals surface area contributed by atoms with Gasteiger partial charge in [-0.15, -0.1) is 11.3 Å². The Kier molecular flexibility index (Phi) is 3.75. The van der Waals surface area contributed by atoms with E-state index in [1.807, 2.05) is 19.1 Å². The molecule has 0 radical (unpaired) electrons. The fourth-order valence-corrected chi connectivity index (χ4v) is 5.24. The van der Waals surface area contributed by atoms with Crippen LogP contribution in [0.5, 0.6) is 0 Å². The number of alkyl halides is 1. The van der Waals surface area contributed by atoms with Gasteiger partial charge in [-0.3, -0.25) is 0 Å². The van der Waals surface area contributed by atoms with Gasteiger partial charge in [-0.1, -0.05) is 15.9 Å². The van der Waals surface area contributed by atoms with Crippen LogP contribution in [0.2, 0.25) is 0 Å². The lowest BCUT2D eigenvalue weighted by molar-refractivity contribution is 0.492. The van der Waals surface area contributed by atoms with E-state index in [4.69, 9.17) is 4.42 Å². The van der Waals surface area contributed by atoms with Gasteiger partial charge in [0, 0.05) is 0 Å². The highest BCUT2D eigenvalue weighted by Gasteiger charge is 2.18. The molecular weight excluding hydrogens is 408 g/mol. The minimum Gasteiger partial charge on any atom is -0.465 e. The average Bonchev–Trinajstić information content (AvgIpc) is 2.71. The number of hydrogen-bond acceptors (Lipinski definition) is 2. The highest BCUT2D eigenvalue weighted by molar-refractivity contribution is 9.12. The van der Waals surface area contributed by atoms with Gasteiger partial charge >= 0.3 is 0 Å². The third kappa shape index (κ3) is 2.57. The lowest BCUT2D eigenvalue weighted by Crippen LogP contribution is -1.88. The first kappa shape index (κ1) is 11.9. The molecule has 1 atom stereocenters. The second-order valence-corrected chi connectivity index (χ2v) is 7.76. The van der Waals surface area contributed by atoms with Crippen LogP contribution in [-0.4, -0.2) is 0 Å². The van der Waals surface area contributed by atoms with E-state index in [0.29, 0.717) is 0 Å². The Morgan fingerprint density at radius 1 is 1.33 bits per heavy atom. The van der Waals surface area contributed by atoms with Crippen molar-refractivity contribution >= 4 is 59.1 Å². The molecule has 0 saturated heterocycles. The summed E-state index contributed by atoms with van der Waals surface area (Å²) in [6.07, 6.45) is 0. The van der Waals surface area contributed by atoms with Crippen molar-refractivity contribution < 1.29 is 4.42 Å². The molecule has 2 aromatic heterocycles. The number of furan rings is 1. The molecule has 0 aliphatic carbocycles. The van der Waals surface area contributed by atoms with Crippen molar-refractivity contribution in [3.8, 4) is 0 Å². The molecule has 0 N–H and O–H groups in total. The van der Waals surface area contributed by atoms with Gasteiger partial charge in [-0.25, -0.2) is 0 Å². The van der Waals surface area contributed by atoms with Crippen LogP contribution in [0.25, 0.3) is 0 Å². The minimum absolute atomic E-state index is 0.100. The summed E-state index contributed by atoms with van der Waals surface area (Å²) in [4.78, 5) is 0.100. The molecule has 0 aromatic carbocycles. The second-order valence-electron chi connectivity index (χ2n) is 3.09. The molecule has 2 heterocycles. The number of aryl methyl sites for hydroxylation is 1. The van der Waals surface area contributed by atoms with Crippen LogP contribution < -0.4 is 0 Å². The first-order valence-electron chi connectivity index (χ1n) is 4.23. The molecule has 1 nitrogen and oxygen atoms in total. The number of hydrogen-bond donors (Lipinski definition) is 0. The van der Waals surface area contributed by atoms with Gasteiger partial charge in [-0.05, 0) is 62.5 Å². The van der Waals surface area contributed by atoms with Crippen LogP contribution >= 0.6 is 59.1 Å². The van der Waals surface area contributed by atoms with E-state index < -0.39 is 0 Å². The Balaban J connectivity index is 2.35. The Labute approximate surface area is 117 Å². The summed E-state index contributed by atoms with van der Waals surface area (Å²) in [6.45, 7) is 1.95. The molecule has 2 rings (SSSR count). The largest absolute Gasteiger partial charge is 0.465 e. The van der Waals surface area contributed by atoms with E-state index in [1.54, 1.807) is 11.3 Å². The van der Waals surface area contributed by atoms with Crippen molar-refractivity contribution in [1.82, 2.24) is 0 Å². The molecule has 80 valence electrons. The topological polar surface area (TPSA) is 13.1 Å². The predicted octanol–water partition coefficient (Wildman–Crippen LogP) is 5.66. The zero-order valence-electron chi connectivity index (χ0n) is 7.76. The number of thiophene rings is 1. The monoisotopic (exact) mass is 412 g/mol. The van der Waals surface area contributed by atoms with Gasteiger partial charge in [0.1, 0.15) is 11.5 Å². The van der Waals surface area contributed by atoms with Gasteiger partial charge in [0.05, 0.1) is 12.4 Å². The van der Waals surface area contributed by atoms with E-state index in [1.165, 1.54) is 5.56 Å². The maximum Gasteiger partial charge on any atom is 0.122 e. The minimum atomic E-state index is 0.100.